The predicted octanol–water partition coefficient (Wildman–Crippen LogP) is 0.496. The van der Waals surface area contributed by atoms with Gasteiger partial charge in [-0.25, -0.2) is 0 Å². The maximum atomic E-state index is 9.46. The highest BCUT2D eigenvalue weighted by atomic mass is 16.4. The van der Waals surface area contributed by atoms with E-state index in [-0.39, 0.29) is 0 Å². The summed E-state index contributed by atoms with van der Waals surface area (Å²) in [5.74, 6) is 0.984. The zero-order valence-electron chi connectivity index (χ0n) is 11.2. The van der Waals surface area contributed by atoms with Gasteiger partial charge in [0.2, 0.25) is 0 Å². The highest BCUT2D eigenvalue weighted by Crippen LogP contribution is 2.36. The number of hydrogen-bond donors (Lipinski definition) is 3. The fraction of sp³-hybridized carbons (Fsp3) is 0.643. The van der Waals surface area contributed by atoms with Gasteiger partial charge in [0.25, 0.3) is 0 Å². The van der Waals surface area contributed by atoms with E-state index >= 15 is 0 Å². The van der Waals surface area contributed by atoms with Crippen LogP contribution in [0.15, 0.2) is 12.1 Å². The van der Waals surface area contributed by atoms with Crippen molar-refractivity contribution in [3.05, 3.63) is 23.5 Å². The summed E-state index contributed by atoms with van der Waals surface area (Å²) in [4.78, 5) is 4.81. The first kappa shape index (κ1) is 13.1. The Morgan fingerprint density at radius 3 is 2.05 bits per heavy atom. The molecule has 0 bridgehead atoms. The number of nitrogens with zero attached hydrogens (tertiary/aromatic N) is 1. The molecule has 1 aromatic heterocycles. The standard InChI is InChI=1S/C14H21BN2O2/c18-15(19)12-8-13(10-2-1-3-10)17-14(9-12)11-4-6-16-7-5-11/h8-11,16,18-19H,1-7H2. The Labute approximate surface area is 114 Å². The van der Waals surface area contributed by atoms with E-state index in [1.807, 2.05) is 12.1 Å². The molecule has 1 aliphatic carbocycles. The van der Waals surface area contributed by atoms with Gasteiger partial charge in [-0.05, 0) is 56.4 Å². The van der Waals surface area contributed by atoms with Gasteiger partial charge >= 0.3 is 7.12 Å². The Hall–Kier alpha value is -0.905. The minimum absolute atomic E-state index is 0.457. The van der Waals surface area contributed by atoms with E-state index in [2.05, 4.69) is 5.32 Å². The highest BCUT2D eigenvalue weighted by molar-refractivity contribution is 6.58. The molecule has 0 spiro atoms. The lowest BCUT2D eigenvalue weighted by Gasteiger charge is -2.28. The van der Waals surface area contributed by atoms with Crippen LogP contribution in [0.5, 0.6) is 0 Å². The minimum Gasteiger partial charge on any atom is -0.423 e. The monoisotopic (exact) mass is 260 g/mol. The van der Waals surface area contributed by atoms with E-state index in [1.165, 1.54) is 19.3 Å². The molecule has 2 aliphatic rings. The summed E-state index contributed by atoms with van der Waals surface area (Å²) >= 11 is 0. The molecule has 2 fully saturated rings. The summed E-state index contributed by atoms with van der Waals surface area (Å²) in [5.41, 5.74) is 2.71. The average molecular weight is 260 g/mol. The average Bonchev–Trinajstić information content (AvgIpc) is 2.37. The van der Waals surface area contributed by atoms with Gasteiger partial charge in [-0.2, -0.15) is 0 Å². The molecular weight excluding hydrogens is 239 g/mol. The smallest absolute Gasteiger partial charge is 0.423 e. The zero-order chi connectivity index (χ0) is 13.2. The molecule has 0 radical (unpaired) electrons. The van der Waals surface area contributed by atoms with E-state index < -0.39 is 7.12 Å². The van der Waals surface area contributed by atoms with Crippen LogP contribution in [0.2, 0.25) is 0 Å². The van der Waals surface area contributed by atoms with Crippen molar-refractivity contribution in [2.75, 3.05) is 13.1 Å². The molecule has 4 nitrogen and oxygen atoms in total. The fourth-order valence-electron chi connectivity index (χ4n) is 2.99. The second kappa shape index (κ2) is 5.61. The number of rotatable bonds is 3. The summed E-state index contributed by atoms with van der Waals surface area (Å²) in [5, 5.41) is 22.3. The van der Waals surface area contributed by atoms with Crippen molar-refractivity contribution in [2.45, 2.75) is 43.9 Å². The van der Waals surface area contributed by atoms with Crippen LogP contribution < -0.4 is 10.8 Å². The summed E-state index contributed by atoms with van der Waals surface area (Å²) in [6.07, 6.45) is 5.80. The molecule has 3 rings (SSSR count). The molecule has 3 N–H and O–H groups in total. The van der Waals surface area contributed by atoms with Gasteiger partial charge in [-0.1, -0.05) is 6.42 Å². The molecule has 0 aromatic carbocycles. The van der Waals surface area contributed by atoms with Gasteiger partial charge in [-0.3, -0.25) is 4.98 Å². The van der Waals surface area contributed by atoms with Crippen molar-refractivity contribution in [2.24, 2.45) is 0 Å². The van der Waals surface area contributed by atoms with Crippen LogP contribution >= 0.6 is 0 Å². The van der Waals surface area contributed by atoms with Gasteiger partial charge in [0, 0.05) is 23.2 Å². The van der Waals surface area contributed by atoms with Crippen LogP contribution in [-0.2, 0) is 0 Å². The molecule has 1 aliphatic heterocycles. The van der Waals surface area contributed by atoms with Crippen molar-refractivity contribution < 1.29 is 10.0 Å². The van der Waals surface area contributed by atoms with Crippen LogP contribution in [0.4, 0.5) is 0 Å². The quantitative estimate of drug-likeness (QED) is 0.692. The minimum atomic E-state index is -1.39. The van der Waals surface area contributed by atoms with Gasteiger partial charge < -0.3 is 15.4 Å². The third kappa shape index (κ3) is 2.83. The third-order valence-electron chi connectivity index (χ3n) is 4.47. The second-order valence-electron chi connectivity index (χ2n) is 5.78. The fourth-order valence-corrected chi connectivity index (χ4v) is 2.99. The van der Waals surface area contributed by atoms with E-state index in [0.29, 0.717) is 17.3 Å². The molecule has 0 amide bonds. The molecule has 2 heterocycles. The summed E-state index contributed by atoms with van der Waals surface area (Å²) in [6, 6.07) is 3.75. The molecule has 1 aromatic rings. The van der Waals surface area contributed by atoms with Crippen LogP contribution in [0, 0.1) is 0 Å². The predicted molar refractivity (Wildman–Crippen MR) is 75.5 cm³/mol. The molecule has 5 heteroatoms. The van der Waals surface area contributed by atoms with Crippen molar-refractivity contribution in [3.8, 4) is 0 Å². The van der Waals surface area contributed by atoms with Crippen molar-refractivity contribution in [3.63, 3.8) is 0 Å². The number of hydrogen-bond acceptors (Lipinski definition) is 4. The molecule has 1 saturated carbocycles. The second-order valence-corrected chi connectivity index (χ2v) is 5.78. The Bertz CT molecular complexity index is 443. The highest BCUT2D eigenvalue weighted by Gasteiger charge is 2.26. The maximum absolute atomic E-state index is 9.46. The van der Waals surface area contributed by atoms with Crippen LogP contribution in [-0.4, -0.2) is 35.2 Å². The first-order chi connectivity index (χ1) is 9.24. The largest absolute Gasteiger partial charge is 0.488 e. The Balaban J connectivity index is 1.90. The van der Waals surface area contributed by atoms with E-state index in [0.717, 1.165) is 37.3 Å². The van der Waals surface area contributed by atoms with Gasteiger partial charge in [0.05, 0.1) is 0 Å². The lowest BCUT2D eigenvalue weighted by molar-refractivity contribution is 0.404. The van der Waals surface area contributed by atoms with Gasteiger partial charge in [0.1, 0.15) is 0 Å². The van der Waals surface area contributed by atoms with Gasteiger partial charge in [0.15, 0.2) is 0 Å². The number of nitrogens with one attached hydrogen (secondary N) is 1. The first-order valence-electron chi connectivity index (χ1n) is 7.32. The lowest BCUT2D eigenvalue weighted by atomic mass is 9.75. The SMILES string of the molecule is OB(O)c1cc(C2CCC2)nc(C2CCNCC2)c1. The normalized spacial score (nSPS) is 21.2. The number of aromatic nitrogens is 1. The Morgan fingerprint density at radius 2 is 1.58 bits per heavy atom. The Morgan fingerprint density at radius 1 is 1.00 bits per heavy atom. The summed E-state index contributed by atoms with van der Waals surface area (Å²) < 4.78 is 0. The van der Waals surface area contributed by atoms with E-state index in [1.54, 1.807) is 0 Å². The Kier molecular flexibility index (Phi) is 3.87. The molecule has 19 heavy (non-hydrogen) atoms. The number of pyridine rings is 1. The van der Waals surface area contributed by atoms with Crippen molar-refractivity contribution >= 4 is 12.6 Å². The van der Waals surface area contributed by atoms with Crippen molar-refractivity contribution in [1.29, 1.82) is 0 Å². The topological polar surface area (TPSA) is 65.4 Å². The zero-order valence-corrected chi connectivity index (χ0v) is 11.2. The van der Waals surface area contributed by atoms with Crippen LogP contribution in [0.1, 0.15) is 55.3 Å². The third-order valence-corrected chi connectivity index (χ3v) is 4.47. The summed E-state index contributed by atoms with van der Waals surface area (Å²) in [7, 11) is -1.39. The van der Waals surface area contributed by atoms with E-state index in [9.17, 15) is 10.0 Å². The first-order valence-corrected chi connectivity index (χ1v) is 7.32. The van der Waals surface area contributed by atoms with Gasteiger partial charge in [-0.15, -0.1) is 0 Å². The van der Waals surface area contributed by atoms with E-state index in [4.69, 9.17) is 4.98 Å². The van der Waals surface area contributed by atoms with Crippen LogP contribution in [0.25, 0.3) is 0 Å². The summed E-state index contributed by atoms with van der Waals surface area (Å²) in [6.45, 7) is 2.05. The van der Waals surface area contributed by atoms with Crippen LogP contribution in [0.3, 0.4) is 0 Å². The molecule has 0 unspecified atom stereocenters. The number of piperidine rings is 1. The molecule has 102 valence electrons. The lowest BCUT2D eigenvalue weighted by Crippen LogP contribution is -2.33. The molecule has 1 saturated heterocycles. The molecular formula is C14H21BN2O2. The maximum Gasteiger partial charge on any atom is 0.488 e. The molecule has 0 atom stereocenters. The van der Waals surface area contributed by atoms with Crippen molar-refractivity contribution in [1.82, 2.24) is 10.3 Å².